The summed E-state index contributed by atoms with van der Waals surface area (Å²) in [6.07, 6.45) is 11.5. The van der Waals surface area contributed by atoms with Crippen LogP contribution in [-0.4, -0.2) is 52.1 Å². The van der Waals surface area contributed by atoms with E-state index in [0.717, 1.165) is 67.1 Å². The van der Waals surface area contributed by atoms with Gasteiger partial charge in [0.05, 0.1) is 23.4 Å². The number of nitrogens with zero attached hydrogens (tertiary/aromatic N) is 4. The van der Waals surface area contributed by atoms with E-state index in [-0.39, 0.29) is 11.3 Å². The maximum absolute atomic E-state index is 12.2. The van der Waals surface area contributed by atoms with Crippen LogP contribution < -0.4 is 0 Å². The number of rotatable bonds is 4. The van der Waals surface area contributed by atoms with Gasteiger partial charge < -0.3 is 9.54 Å². The number of fused-ring (bicyclic) bond motifs is 3. The molecule has 7 nitrogen and oxygen atoms in total. The number of hydrogen-bond acceptors (Lipinski definition) is 6. The van der Waals surface area contributed by atoms with Gasteiger partial charge in [0.2, 0.25) is 0 Å². The topological polar surface area (TPSA) is 97.8 Å². The number of H-pyrrole nitrogens is 1. The predicted octanol–water partition coefficient (Wildman–Crippen LogP) is 3.72. The van der Waals surface area contributed by atoms with Crippen molar-refractivity contribution in [1.29, 1.82) is 0 Å². The molecule has 160 valence electrons. The highest BCUT2D eigenvalue weighted by Gasteiger charge is 2.35. The monoisotopic (exact) mass is 426 g/mol. The Morgan fingerprint density at radius 2 is 2.03 bits per heavy atom. The molecule has 3 aromatic heterocycles. The Labute approximate surface area is 179 Å². The Balaban J connectivity index is 1.38. The fourth-order valence-electron chi connectivity index (χ4n) is 5.62. The average Bonchev–Trinajstić information content (AvgIpc) is 3.23. The van der Waals surface area contributed by atoms with E-state index in [2.05, 4.69) is 31.8 Å². The summed E-state index contributed by atoms with van der Waals surface area (Å²) in [7, 11) is 0. The minimum atomic E-state index is -2.06. The summed E-state index contributed by atoms with van der Waals surface area (Å²) in [5.41, 5.74) is 2.82. The van der Waals surface area contributed by atoms with Gasteiger partial charge in [-0.3, -0.25) is 9.11 Å². The van der Waals surface area contributed by atoms with Crippen molar-refractivity contribution >= 4 is 33.0 Å². The Morgan fingerprint density at radius 1 is 1.20 bits per heavy atom. The Bertz CT molecular complexity index is 1060. The van der Waals surface area contributed by atoms with E-state index in [0.29, 0.717) is 11.8 Å². The maximum Gasteiger partial charge on any atom is 0.159 e. The van der Waals surface area contributed by atoms with Crippen LogP contribution in [-0.2, 0) is 11.1 Å². The minimum absolute atomic E-state index is 0.209. The summed E-state index contributed by atoms with van der Waals surface area (Å²) in [6.45, 7) is 4.03. The molecule has 2 fully saturated rings. The van der Waals surface area contributed by atoms with Crippen molar-refractivity contribution in [3.05, 3.63) is 30.5 Å². The molecule has 1 saturated heterocycles. The van der Waals surface area contributed by atoms with Crippen LogP contribution in [0.4, 0.5) is 0 Å². The van der Waals surface area contributed by atoms with Gasteiger partial charge in [-0.15, -0.1) is 0 Å². The van der Waals surface area contributed by atoms with E-state index in [1.54, 1.807) is 18.7 Å². The first-order valence-electron chi connectivity index (χ1n) is 11.0. The van der Waals surface area contributed by atoms with Gasteiger partial charge in [0, 0.05) is 29.2 Å². The second kappa shape index (κ2) is 8.32. The average molecular weight is 427 g/mol. The van der Waals surface area contributed by atoms with Crippen LogP contribution in [0.25, 0.3) is 21.9 Å². The van der Waals surface area contributed by atoms with Gasteiger partial charge in [-0.25, -0.2) is 15.0 Å². The largest absolute Gasteiger partial charge is 0.771 e. The third-order valence-corrected chi connectivity index (χ3v) is 8.11. The highest BCUT2D eigenvalue weighted by atomic mass is 32.2. The predicted molar refractivity (Wildman–Crippen MR) is 117 cm³/mol. The van der Waals surface area contributed by atoms with Gasteiger partial charge in [0.25, 0.3) is 0 Å². The first kappa shape index (κ1) is 20.0. The molecular weight excluding hydrogens is 398 g/mol. The second-order valence-electron chi connectivity index (χ2n) is 9.02. The lowest BCUT2D eigenvalue weighted by molar-refractivity contribution is 0.114. The molecule has 0 aromatic carbocycles. The van der Waals surface area contributed by atoms with Crippen LogP contribution in [0.2, 0.25) is 0 Å². The molecule has 5 rings (SSSR count). The van der Waals surface area contributed by atoms with Crippen molar-refractivity contribution in [2.45, 2.75) is 56.7 Å². The number of hydrogen-bond donors (Lipinski definition) is 1. The molecule has 1 saturated carbocycles. The molecule has 0 spiro atoms. The van der Waals surface area contributed by atoms with E-state index in [1.165, 1.54) is 12.1 Å². The van der Waals surface area contributed by atoms with Gasteiger partial charge in [0.15, 0.2) is 5.65 Å². The molecule has 1 aliphatic carbocycles. The quantitative estimate of drug-likeness (QED) is 0.639. The highest BCUT2D eigenvalue weighted by Crippen LogP contribution is 2.41. The normalized spacial score (nSPS) is 28.0. The number of pyridine rings is 1. The van der Waals surface area contributed by atoms with Crippen molar-refractivity contribution < 1.29 is 8.76 Å². The third kappa shape index (κ3) is 3.65. The molecule has 30 heavy (non-hydrogen) atoms. The number of nitrogens with one attached hydrogen (secondary N) is 1. The second-order valence-corrected chi connectivity index (χ2v) is 10.0. The molecule has 8 heteroatoms. The van der Waals surface area contributed by atoms with Crippen LogP contribution in [0.1, 0.15) is 57.1 Å². The first-order chi connectivity index (χ1) is 14.6. The molecule has 0 bridgehead atoms. The third-order valence-electron chi connectivity index (χ3n) is 7.04. The van der Waals surface area contributed by atoms with Gasteiger partial charge in [-0.1, -0.05) is 6.92 Å². The molecule has 1 N–H and O–H groups in total. The number of piperidine rings is 1. The number of likely N-dealkylation sites (tertiary alicyclic amines) is 1. The van der Waals surface area contributed by atoms with Crippen LogP contribution in [0.3, 0.4) is 0 Å². The molecule has 3 unspecified atom stereocenters. The summed E-state index contributed by atoms with van der Waals surface area (Å²) < 4.78 is 24.4. The van der Waals surface area contributed by atoms with Gasteiger partial charge >= 0.3 is 0 Å². The van der Waals surface area contributed by atoms with E-state index in [1.807, 2.05) is 6.07 Å². The van der Waals surface area contributed by atoms with Gasteiger partial charge in [0.1, 0.15) is 0 Å². The Hall–Kier alpha value is -1.90. The number of aromatic amines is 1. The van der Waals surface area contributed by atoms with Crippen LogP contribution in [0, 0.1) is 11.8 Å². The maximum atomic E-state index is 12.2. The summed E-state index contributed by atoms with van der Waals surface area (Å²) in [6, 6.07) is 2.00. The highest BCUT2D eigenvalue weighted by molar-refractivity contribution is 7.79. The minimum Gasteiger partial charge on any atom is -0.771 e. The molecule has 3 aromatic rings. The SMILES string of the molecule is CC1CCCN(C(C2CCC(c3[nH]cnc4cnc5nccc5c34)CC2)S(=O)[O-])C1. The lowest BCUT2D eigenvalue weighted by Crippen LogP contribution is -2.48. The smallest absolute Gasteiger partial charge is 0.159 e. The van der Waals surface area contributed by atoms with Crippen molar-refractivity contribution in [3.8, 4) is 0 Å². The van der Waals surface area contributed by atoms with Crippen molar-refractivity contribution in [2.75, 3.05) is 13.1 Å². The zero-order valence-electron chi connectivity index (χ0n) is 17.3. The zero-order valence-corrected chi connectivity index (χ0v) is 18.1. The van der Waals surface area contributed by atoms with Crippen LogP contribution in [0.15, 0.2) is 24.8 Å². The molecule has 0 amide bonds. The fourth-order valence-corrected chi connectivity index (χ4v) is 6.64. The Kier molecular flexibility index (Phi) is 5.56. The molecular formula is C22H28N5O2S-. The zero-order chi connectivity index (χ0) is 20.7. The summed E-state index contributed by atoms with van der Waals surface area (Å²) >= 11 is -2.06. The molecule has 1 aliphatic heterocycles. The summed E-state index contributed by atoms with van der Waals surface area (Å²) in [5, 5.41) is 1.80. The van der Waals surface area contributed by atoms with Crippen LogP contribution in [0.5, 0.6) is 0 Å². The van der Waals surface area contributed by atoms with E-state index < -0.39 is 11.1 Å². The molecule has 0 radical (unpaired) electrons. The van der Waals surface area contributed by atoms with Crippen molar-refractivity contribution in [3.63, 3.8) is 0 Å². The van der Waals surface area contributed by atoms with E-state index in [9.17, 15) is 8.76 Å². The van der Waals surface area contributed by atoms with Crippen molar-refractivity contribution in [2.24, 2.45) is 11.8 Å². The molecule has 4 heterocycles. The molecule has 3 atom stereocenters. The molecule has 2 aliphatic rings. The lowest BCUT2D eigenvalue weighted by Gasteiger charge is -2.44. The first-order valence-corrected chi connectivity index (χ1v) is 12.1. The van der Waals surface area contributed by atoms with Gasteiger partial charge in [-0.2, -0.15) is 0 Å². The van der Waals surface area contributed by atoms with Crippen LogP contribution >= 0.6 is 0 Å². The summed E-state index contributed by atoms with van der Waals surface area (Å²) in [5.74, 6) is 1.15. The summed E-state index contributed by atoms with van der Waals surface area (Å²) in [4.78, 5) is 18.8. The van der Waals surface area contributed by atoms with E-state index >= 15 is 0 Å². The number of aromatic nitrogens is 4. The standard InChI is InChI=1S/C22H29N5O2S/c1-14-3-2-10-27(12-14)22(30(28)29)16-6-4-15(5-7-16)20-19-17-8-9-23-21(17)24-11-18(19)25-13-26-20/h8-9,11,13-16,22H,2-7,10,12H2,1H3,(H,25,26)(H,28,29)/p-1. The Morgan fingerprint density at radius 3 is 2.80 bits per heavy atom. The fraction of sp³-hybridized carbons (Fsp3) is 0.591. The van der Waals surface area contributed by atoms with Crippen molar-refractivity contribution in [1.82, 2.24) is 24.8 Å². The van der Waals surface area contributed by atoms with Gasteiger partial charge in [-0.05, 0) is 80.0 Å². The van der Waals surface area contributed by atoms with E-state index in [4.69, 9.17) is 0 Å². The lowest BCUT2D eigenvalue weighted by atomic mass is 9.79.